The summed E-state index contributed by atoms with van der Waals surface area (Å²) >= 11 is 1.50. The summed E-state index contributed by atoms with van der Waals surface area (Å²) in [6.45, 7) is 5.47. The molecule has 1 aromatic rings. The Bertz CT molecular complexity index is 607. The van der Waals surface area contributed by atoms with Crippen LogP contribution < -0.4 is 5.32 Å². The quantitative estimate of drug-likeness (QED) is 0.455. The molecule has 7 heteroatoms. The van der Waals surface area contributed by atoms with Gasteiger partial charge in [-0.15, -0.1) is 0 Å². The largest absolute Gasteiger partial charge is 0.453 e. The fourth-order valence-corrected chi connectivity index (χ4v) is 3.54. The number of rotatable bonds is 7. The van der Waals surface area contributed by atoms with Crippen molar-refractivity contribution in [1.29, 1.82) is 0 Å². The molecule has 25 heavy (non-hydrogen) atoms. The van der Waals surface area contributed by atoms with E-state index in [0.29, 0.717) is 6.42 Å². The van der Waals surface area contributed by atoms with E-state index in [0.717, 1.165) is 47.8 Å². The highest BCUT2D eigenvalue weighted by Gasteiger charge is 2.23. The molecule has 1 fully saturated rings. The SMILES string of the molecule is CSc1nc(C)c(CCC(=O)O[C@H](C)C(=O)NC2CCCC2)c(C)n1. The van der Waals surface area contributed by atoms with Crippen molar-refractivity contribution in [2.75, 3.05) is 6.26 Å². The van der Waals surface area contributed by atoms with Gasteiger partial charge in [-0.25, -0.2) is 9.97 Å². The van der Waals surface area contributed by atoms with Crippen LogP contribution >= 0.6 is 11.8 Å². The summed E-state index contributed by atoms with van der Waals surface area (Å²) in [6.07, 6.45) is 6.22. The van der Waals surface area contributed by atoms with Gasteiger partial charge in [0.15, 0.2) is 11.3 Å². The third kappa shape index (κ3) is 5.70. The van der Waals surface area contributed by atoms with Gasteiger partial charge in [0.05, 0.1) is 0 Å². The standard InChI is InChI=1S/C18H27N3O3S/c1-11-15(12(2)20-18(19-11)25-4)9-10-16(22)24-13(3)17(23)21-14-7-5-6-8-14/h13-14H,5-10H2,1-4H3,(H,21,23)/t13-/m1/s1. The lowest BCUT2D eigenvalue weighted by atomic mass is 10.1. The second kappa shape index (κ2) is 9.17. The molecular formula is C18H27N3O3S. The van der Waals surface area contributed by atoms with E-state index in [1.165, 1.54) is 11.8 Å². The number of hydrogen-bond acceptors (Lipinski definition) is 6. The van der Waals surface area contributed by atoms with Crippen LogP contribution in [-0.2, 0) is 20.7 Å². The maximum atomic E-state index is 12.1. The van der Waals surface area contributed by atoms with Gasteiger partial charge in [-0.05, 0) is 51.9 Å². The molecule has 0 aliphatic heterocycles. The van der Waals surface area contributed by atoms with E-state index < -0.39 is 6.10 Å². The van der Waals surface area contributed by atoms with Gasteiger partial charge < -0.3 is 10.1 Å². The number of aromatic nitrogens is 2. The van der Waals surface area contributed by atoms with Crippen molar-refractivity contribution >= 4 is 23.6 Å². The first-order chi connectivity index (χ1) is 11.9. The minimum Gasteiger partial charge on any atom is -0.453 e. The van der Waals surface area contributed by atoms with Crippen LogP contribution in [0.5, 0.6) is 0 Å². The Labute approximate surface area is 153 Å². The number of carbonyl (C=O) groups excluding carboxylic acids is 2. The number of hydrogen-bond donors (Lipinski definition) is 1. The minimum absolute atomic E-state index is 0.208. The van der Waals surface area contributed by atoms with Crippen molar-refractivity contribution in [3.8, 4) is 0 Å². The second-order valence-corrected chi connectivity index (χ2v) is 7.26. The van der Waals surface area contributed by atoms with Crippen LogP contribution in [0.3, 0.4) is 0 Å². The van der Waals surface area contributed by atoms with Crippen molar-refractivity contribution in [3.05, 3.63) is 17.0 Å². The third-order valence-electron chi connectivity index (χ3n) is 4.54. The van der Waals surface area contributed by atoms with Gasteiger partial charge in [0.2, 0.25) is 0 Å². The number of esters is 1. The Hall–Kier alpha value is -1.63. The Balaban J connectivity index is 1.82. The van der Waals surface area contributed by atoms with E-state index in [1.54, 1.807) is 6.92 Å². The van der Waals surface area contributed by atoms with E-state index in [2.05, 4.69) is 15.3 Å². The average Bonchev–Trinajstić information content (AvgIpc) is 3.06. The number of nitrogens with zero attached hydrogens (tertiary/aromatic N) is 2. The molecule has 1 saturated carbocycles. The molecule has 6 nitrogen and oxygen atoms in total. The first-order valence-corrected chi connectivity index (χ1v) is 10.0. The number of thioether (sulfide) groups is 1. The molecule has 1 atom stereocenters. The summed E-state index contributed by atoms with van der Waals surface area (Å²) in [4.78, 5) is 33.0. The summed E-state index contributed by atoms with van der Waals surface area (Å²) in [5.74, 6) is -0.581. The summed E-state index contributed by atoms with van der Waals surface area (Å²) in [5, 5.41) is 3.68. The van der Waals surface area contributed by atoms with Gasteiger partial charge in [-0.1, -0.05) is 24.6 Å². The molecule has 1 aliphatic carbocycles. The van der Waals surface area contributed by atoms with E-state index in [4.69, 9.17) is 4.74 Å². The predicted molar refractivity (Wildman–Crippen MR) is 97.6 cm³/mol. The summed E-state index contributed by atoms with van der Waals surface area (Å²) in [7, 11) is 0. The highest BCUT2D eigenvalue weighted by Crippen LogP contribution is 2.19. The van der Waals surface area contributed by atoms with Crippen molar-refractivity contribution in [1.82, 2.24) is 15.3 Å². The lowest BCUT2D eigenvalue weighted by molar-refractivity contribution is -0.155. The van der Waals surface area contributed by atoms with Crippen LogP contribution in [0.2, 0.25) is 0 Å². The van der Waals surface area contributed by atoms with Gasteiger partial charge >= 0.3 is 5.97 Å². The average molecular weight is 365 g/mol. The normalized spacial score (nSPS) is 15.8. The van der Waals surface area contributed by atoms with Crippen LogP contribution in [0.1, 0.15) is 56.0 Å². The van der Waals surface area contributed by atoms with Crippen LogP contribution in [0.25, 0.3) is 0 Å². The van der Waals surface area contributed by atoms with Gasteiger partial charge in [-0.3, -0.25) is 9.59 Å². The molecule has 0 saturated heterocycles. The molecule has 2 rings (SSSR count). The number of carbonyl (C=O) groups is 2. The Morgan fingerprint density at radius 3 is 2.40 bits per heavy atom. The van der Waals surface area contributed by atoms with Crippen molar-refractivity contribution in [2.24, 2.45) is 0 Å². The number of aryl methyl sites for hydroxylation is 2. The Morgan fingerprint density at radius 1 is 1.24 bits per heavy atom. The molecule has 1 heterocycles. The molecule has 1 aliphatic rings. The maximum Gasteiger partial charge on any atom is 0.306 e. The summed E-state index contributed by atoms with van der Waals surface area (Å²) in [5.41, 5.74) is 2.74. The molecule has 138 valence electrons. The summed E-state index contributed by atoms with van der Waals surface area (Å²) in [6, 6.07) is 0.228. The second-order valence-electron chi connectivity index (χ2n) is 6.48. The van der Waals surface area contributed by atoms with Crippen LogP contribution in [0.4, 0.5) is 0 Å². The van der Waals surface area contributed by atoms with Gasteiger partial charge in [-0.2, -0.15) is 0 Å². The van der Waals surface area contributed by atoms with E-state index in [1.807, 2.05) is 20.1 Å². The van der Waals surface area contributed by atoms with Gasteiger partial charge in [0, 0.05) is 23.9 Å². The molecule has 0 aromatic carbocycles. The van der Waals surface area contributed by atoms with Crippen LogP contribution in [0.15, 0.2) is 5.16 Å². The maximum absolute atomic E-state index is 12.1. The van der Waals surface area contributed by atoms with E-state index in [9.17, 15) is 9.59 Å². The lowest BCUT2D eigenvalue weighted by Crippen LogP contribution is -2.40. The third-order valence-corrected chi connectivity index (χ3v) is 5.09. The van der Waals surface area contributed by atoms with Crippen molar-refractivity contribution in [3.63, 3.8) is 0 Å². The lowest BCUT2D eigenvalue weighted by Gasteiger charge is -2.17. The highest BCUT2D eigenvalue weighted by molar-refractivity contribution is 7.98. The number of amides is 1. The molecule has 0 unspecified atom stereocenters. The Kier molecular flexibility index (Phi) is 7.23. The molecule has 0 bridgehead atoms. The molecule has 1 aromatic heterocycles. The van der Waals surface area contributed by atoms with E-state index >= 15 is 0 Å². The van der Waals surface area contributed by atoms with Crippen molar-refractivity contribution < 1.29 is 14.3 Å². The first kappa shape index (κ1) is 19.7. The molecule has 1 amide bonds. The number of ether oxygens (including phenoxy) is 1. The zero-order valence-corrected chi connectivity index (χ0v) is 16.2. The van der Waals surface area contributed by atoms with Gasteiger partial charge in [0.1, 0.15) is 0 Å². The smallest absolute Gasteiger partial charge is 0.306 e. The Morgan fingerprint density at radius 2 is 1.84 bits per heavy atom. The fraction of sp³-hybridized carbons (Fsp3) is 0.667. The fourth-order valence-electron chi connectivity index (χ4n) is 3.09. The van der Waals surface area contributed by atoms with E-state index in [-0.39, 0.29) is 24.3 Å². The zero-order chi connectivity index (χ0) is 18.4. The summed E-state index contributed by atoms with van der Waals surface area (Å²) < 4.78 is 5.27. The predicted octanol–water partition coefficient (Wildman–Crippen LogP) is 2.74. The van der Waals surface area contributed by atoms with Gasteiger partial charge in [0.25, 0.3) is 5.91 Å². The topological polar surface area (TPSA) is 81.2 Å². The number of nitrogens with one attached hydrogen (secondary N) is 1. The van der Waals surface area contributed by atoms with Crippen molar-refractivity contribution in [2.45, 2.75) is 76.6 Å². The molecule has 0 radical (unpaired) electrons. The van der Waals surface area contributed by atoms with Crippen LogP contribution in [0, 0.1) is 13.8 Å². The molecule has 1 N–H and O–H groups in total. The van der Waals surface area contributed by atoms with Crippen LogP contribution in [-0.4, -0.2) is 40.2 Å². The molecule has 0 spiro atoms. The zero-order valence-electron chi connectivity index (χ0n) is 15.4. The molecular weight excluding hydrogens is 338 g/mol. The highest BCUT2D eigenvalue weighted by atomic mass is 32.2. The monoisotopic (exact) mass is 365 g/mol. The minimum atomic E-state index is -0.759. The first-order valence-electron chi connectivity index (χ1n) is 8.78.